The van der Waals surface area contributed by atoms with Gasteiger partial charge in [-0.05, 0) is 38.0 Å². The fraction of sp³-hybridized carbons (Fsp3) is 0.476. The molecule has 8 nitrogen and oxygen atoms in total. The molecule has 164 valence electrons. The van der Waals surface area contributed by atoms with Crippen LogP contribution in [0.5, 0.6) is 11.6 Å². The number of hydrogen-bond acceptors (Lipinski definition) is 7. The maximum absolute atomic E-state index is 11.0. The minimum Gasteiger partial charge on any atom is -0.491 e. The molecule has 0 fully saturated rings. The topological polar surface area (TPSA) is 106 Å². The van der Waals surface area contributed by atoms with E-state index in [-0.39, 0.29) is 12.5 Å². The number of carbonyl (C=O) groups excluding carboxylic acids is 1. The number of hydrogen-bond donors (Lipinski definition) is 3. The molecule has 2 aromatic rings. The third-order valence-electron chi connectivity index (χ3n) is 4.18. The summed E-state index contributed by atoms with van der Waals surface area (Å²) in [4.78, 5) is 11.0. The van der Waals surface area contributed by atoms with Crippen molar-refractivity contribution in [3.8, 4) is 11.6 Å². The summed E-state index contributed by atoms with van der Waals surface area (Å²) in [5.41, 5.74) is 0.572. The summed E-state index contributed by atoms with van der Waals surface area (Å²) in [6.45, 7) is 6.75. The lowest BCUT2D eigenvalue weighted by Gasteiger charge is -2.27. The Labute approximate surface area is 181 Å². The zero-order chi connectivity index (χ0) is 22.0. The molecule has 1 atom stereocenters. The zero-order valence-corrected chi connectivity index (χ0v) is 18.3. The molecule has 3 N–H and O–H groups in total. The van der Waals surface area contributed by atoms with E-state index in [1.54, 1.807) is 12.1 Å². The average Bonchev–Trinajstić information content (AvgIpc) is 2.71. The van der Waals surface area contributed by atoms with E-state index in [0.717, 1.165) is 5.56 Å². The lowest BCUT2D eigenvalue weighted by Crippen LogP contribution is -2.48. The van der Waals surface area contributed by atoms with Crippen molar-refractivity contribution in [2.24, 2.45) is 0 Å². The molecular weight excluding hydrogens is 408 g/mol. The smallest absolute Gasteiger partial charge is 0.233 e. The van der Waals surface area contributed by atoms with Crippen molar-refractivity contribution in [3.05, 3.63) is 47.1 Å². The molecular formula is C21H29ClN4O4. The summed E-state index contributed by atoms with van der Waals surface area (Å²) < 4.78 is 11.4. The number of rotatable bonds is 12. The van der Waals surface area contributed by atoms with E-state index < -0.39 is 11.6 Å². The van der Waals surface area contributed by atoms with Crippen LogP contribution in [0.1, 0.15) is 26.3 Å². The Morgan fingerprint density at radius 3 is 2.67 bits per heavy atom. The highest BCUT2D eigenvalue weighted by Gasteiger charge is 2.20. The van der Waals surface area contributed by atoms with Gasteiger partial charge in [-0.1, -0.05) is 29.8 Å². The van der Waals surface area contributed by atoms with Crippen LogP contribution < -0.4 is 20.1 Å². The highest BCUT2D eigenvalue weighted by molar-refractivity contribution is 6.29. The largest absolute Gasteiger partial charge is 0.491 e. The Hall–Kier alpha value is -2.42. The van der Waals surface area contributed by atoms with E-state index in [4.69, 9.17) is 21.1 Å². The zero-order valence-electron chi connectivity index (χ0n) is 17.5. The van der Waals surface area contributed by atoms with E-state index in [1.165, 1.54) is 6.92 Å². The standard InChI is InChI=1S/C21H29ClN4O4/c1-15(27)23-11-10-16-6-4-5-7-18(16)29-13-17(28)12-24-21(2,3)14-30-20-9-8-19(22)25-26-20/h4-9,17,24,28H,10-14H2,1-3H3,(H,23,27). The van der Waals surface area contributed by atoms with Crippen molar-refractivity contribution in [2.45, 2.75) is 38.8 Å². The molecule has 9 heteroatoms. The molecule has 1 heterocycles. The summed E-state index contributed by atoms with van der Waals surface area (Å²) in [5, 5.41) is 24.2. The van der Waals surface area contributed by atoms with E-state index in [0.29, 0.717) is 42.9 Å². The van der Waals surface area contributed by atoms with Gasteiger partial charge in [0, 0.05) is 31.6 Å². The highest BCUT2D eigenvalue weighted by atomic mass is 35.5. The molecule has 0 aliphatic heterocycles. The molecule has 0 aliphatic carbocycles. The first-order valence-corrected chi connectivity index (χ1v) is 10.1. The van der Waals surface area contributed by atoms with Crippen LogP contribution in [-0.2, 0) is 11.2 Å². The van der Waals surface area contributed by atoms with Crippen molar-refractivity contribution < 1.29 is 19.4 Å². The van der Waals surface area contributed by atoms with E-state index in [1.807, 2.05) is 38.1 Å². The Morgan fingerprint density at radius 1 is 1.20 bits per heavy atom. The molecule has 1 amide bonds. The predicted molar refractivity (Wildman–Crippen MR) is 115 cm³/mol. The number of halogens is 1. The SMILES string of the molecule is CC(=O)NCCc1ccccc1OCC(O)CNC(C)(C)COc1ccc(Cl)nn1. The number of aliphatic hydroxyl groups excluding tert-OH is 1. The van der Waals surface area contributed by atoms with Gasteiger partial charge in [0.05, 0.1) is 0 Å². The summed E-state index contributed by atoms with van der Waals surface area (Å²) >= 11 is 5.71. The number of carbonyl (C=O) groups is 1. The lowest BCUT2D eigenvalue weighted by atomic mass is 10.1. The first kappa shape index (κ1) is 23.9. The number of aliphatic hydroxyl groups is 1. The van der Waals surface area contributed by atoms with Crippen LogP contribution >= 0.6 is 11.6 Å². The Balaban J connectivity index is 1.75. The molecule has 0 saturated carbocycles. The fourth-order valence-corrected chi connectivity index (χ4v) is 2.65. The van der Waals surface area contributed by atoms with Crippen LogP contribution in [0.25, 0.3) is 0 Å². The average molecular weight is 437 g/mol. The van der Waals surface area contributed by atoms with Crippen LogP contribution in [0.3, 0.4) is 0 Å². The summed E-state index contributed by atoms with van der Waals surface area (Å²) in [6.07, 6.45) is -0.0507. The molecule has 1 aromatic heterocycles. The van der Waals surface area contributed by atoms with Gasteiger partial charge in [-0.3, -0.25) is 4.79 Å². The number of ether oxygens (including phenoxy) is 2. The van der Waals surface area contributed by atoms with Crippen molar-refractivity contribution in [2.75, 3.05) is 26.3 Å². The molecule has 2 rings (SSSR count). The number of benzene rings is 1. The molecule has 0 spiro atoms. The van der Waals surface area contributed by atoms with Crippen LogP contribution in [0.4, 0.5) is 0 Å². The molecule has 0 bridgehead atoms. The number of nitrogens with zero attached hydrogens (tertiary/aromatic N) is 2. The van der Waals surface area contributed by atoms with Gasteiger partial charge >= 0.3 is 0 Å². The minimum atomic E-state index is -0.706. The maximum atomic E-state index is 11.0. The maximum Gasteiger partial charge on any atom is 0.233 e. The minimum absolute atomic E-state index is 0.0652. The van der Waals surface area contributed by atoms with E-state index in [2.05, 4.69) is 20.8 Å². The first-order valence-electron chi connectivity index (χ1n) is 9.75. The van der Waals surface area contributed by atoms with Gasteiger partial charge in [0.15, 0.2) is 5.15 Å². The van der Waals surface area contributed by atoms with Crippen LogP contribution in [0, 0.1) is 0 Å². The lowest BCUT2D eigenvalue weighted by molar-refractivity contribution is -0.118. The van der Waals surface area contributed by atoms with Gasteiger partial charge < -0.3 is 25.2 Å². The van der Waals surface area contributed by atoms with Gasteiger partial charge in [-0.2, -0.15) is 0 Å². The molecule has 1 unspecified atom stereocenters. The summed E-state index contributed by atoms with van der Waals surface area (Å²) in [5.74, 6) is 1.02. The Bertz CT molecular complexity index is 802. The van der Waals surface area contributed by atoms with Crippen molar-refractivity contribution >= 4 is 17.5 Å². The van der Waals surface area contributed by atoms with Gasteiger partial charge in [0.2, 0.25) is 11.8 Å². The molecule has 1 aromatic carbocycles. The first-order chi connectivity index (χ1) is 14.2. The number of aromatic nitrogens is 2. The molecule has 0 radical (unpaired) electrons. The number of amides is 1. The van der Waals surface area contributed by atoms with Gasteiger partial charge in [-0.25, -0.2) is 0 Å². The fourth-order valence-electron chi connectivity index (χ4n) is 2.55. The normalized spacial score (nSPS) is 12.3. The summed E-state index contributed by atoms with van der Waals surface area (Å²) in [7, 11) is 0. The van der Waals surface area contributed by atoms with Crippen LogP contribution in [-0.4, -0.2) is 59.2 Å². The molecule has 0 saturated heterocycles. The number of β-amino-alcohol motifs (C(OH)–C–C–N with tert-alkyl or cyclic N) is 1. The third kappa shape index (κ3) is 8.94. The number of nitrogens with one attached hydrogen (secondary N) is 2. The van der Waals surface area contributed by atoms with Crippen molar-refractivity contribution in [1.82, 2.24) is 20.8 Å². The second-order valence-corrected chi connectivity index (χ2v) is 7.94. The van der Waals surface area contributed by atoms with E-state index >= 15 is 0 Å². The van der Waals surface area contributed by atoms with Crippen molar-refractivity contribution in [3.63, 3.8) is 0 Å². The monoisotopic (exact) mass is 436 g/mol. The molecule has 0 aliphatic rings. The third-order valence-corrected chi connectivity index (χ3v) is 4.38. The van der Waals surface area contributed by atoms with Gasteiger partial charge in [-0.15, -0.1) is 10.2 Å². The second-order valence-electron chi connectivity index (χ2n) is 7.55. The van der Waals surface area contributed by atoms with Crippen LogP contribution in [0.2, 0.25) is 5.15 Å². The number of para-hydroxylation sites is 1. The Morgan fingerprint density at radius 2 is 1.97 bits per heavy atom. The second kappa shape index (κ2) is 11.7. The van der Waals surface area contributed by atoms with Gasteiger partial charge in [0.25, 0.3) is 0 Å². The Kier molecular flexibility index (Phi) is 9.29. The summed E-state index contributed by atoms with van der Waals surface area (Å²) in [6, 6.07) is 10.9. The highest BCUT2D eigenvalue weighted by Crippen LogP contribution is 2.18. The van der Waals surface area contributed by atoms with Crippen LogP contribution in [0.15, 0.2) is 36.4 Å². The predicted octanol–water partition coefficient (Wildman–Crippen LogP) is 2.00. The van der Waals surface area contributed by atoms with Crippen molar-refractivity contribution in [1.29, 1.82) is 0 Å². The van der Waals surface area contributed by atoms with Gasteiger partial charge in [0.1, 0.15) is 25.1 Å². The van der Waals surface area contributed by atoms with E-state index in [9.17, 15) is 9.90 Å². The quantitative estimate of drug-likeness (QED) is 0.467. The molecule has 30 heavy (non-hydrogen) atoms.